The number of nitrogens with zero attached hydrogens (tertiary/aromatic N) is 1. The molecule has 2 rings (SSSR count). The molecule has 3 atom stereocenters. The van der Waals surface area contributed by atoms with E-state index in [9.17, 15) is 4.79 Å². The van der Waals surface area contributed by atoms with Crippen molar-refractivity contribution >= 4 is 5.91 Å². The quantitative estimate of drug-likeness (QED) is 0.835. The molecule has 0 spiro atoms. The second-order valence-electron chi connectivity index (χ2n) is 7.04. The number of benzene rings is 1. The topological polar surface area (TPSA) is 32.3 Å². The van der Waals surface area contributed by atoms with Gasteiger partial charge in [-0.3, -0.25) is 4.79 Å². The lowest BCUT2D eigenvalue weighted by atomic mass is 9.85. The Morgan fingerprint density at radius 2 is 2.09 bits per heavy atom. The SMILES string of the molecule is CCC(Cc1ccccc1)N(C)C(=O)CC(C)C1CCCNC1. The van der Waals surface area contributed by atoms with E-state index in [-0.39, 0.29) is 0 Å². The first-order valence-corrected chi connectivity index (χ1v) is 9.12. The molecule has 1 fully saturated rings. The Morgan fingerprint density at radius 3 is 2.70 bits per heavy atom. The molecule has 0 saturated carbocycles. The van der Waals surface area contributed by atoms with Crippen LogP contribution in [-0.4, -0.2) is 37.0 Å². The van der Waals surface area contributed by atoms with Crippen LogP contribution in [0.2, 0.25) is 0 Å². The summed E-state index contributed by atoms with van der Waals surface area (Å²) in [4.78, 5) is 14.7. The molecule has 23 heavy (non-hydrogen) atoms. The van der Waals surface area contributed by atoms with Gasteiger partial charge in [0.1, 0.15) is 0 Å². The van der Waals surface area contributed by atoms with Gasteiger partial charge in [0.15, 0.2) is 0 Å². The fraction of sp³-hybridized carbons (Fsp3) is 0.650. The van der Waals surface area contributed by atoms with Crippen molar-refractivity contribution in [3.63, 3.8) is 0 Å². The predicted molar refractivity (Wildman–Crippen MR) is 96.4 cm³/mol. The molecular formula is C20H32N2O. The van der Waals surface area contributed by atoms with E-state index in [4.69, 9.17) is 0 Å². The predicted octanol–water partition coefficient (Wildman–Crippen LogP) is 3.49. The zero-order chi connectivity index (χ0) is 16.7. The fourth-order valence-electron chi connectivity index (χ4n) is 3.60. The van der Waals surface area contributed by atoms with Gasteiger partial charge < -0.3 is 10.2 Å². The monoisotopic (exact) mass is 316 g/mol. The summed E-state index contributed by atoms with van der Waals surface area (Å²) >= 11 is 0. The summed E-state index contributed by atoms with van der Waals surface area (Å²) < 4.78 is 0. The summed E-state index contributed by atoms with van der Waals surface area (Å²) in [6.07, 6.45) is 5.11. The van der Waals surface area contributed by atoms with Gasteiger partial charge in [0.05, 0.1) is 0 Å². The van der Waals surface area contributed by atoms with Crippen LogP contribution in [0.1, 0.15) is 45.1 Å². The maximum atomic E-state index is 12.7. The third-order valence-corrected chi connectivity index (χ3v) is 5.36. The minimum absolute atomic E-state index is 0.293. The highest BCUT2D eigenvalue weighted by Gasteiger charge is 2.25. The van der Waals surface area contributed by atoms with E-state index >= 15 is 0 Å². The standard InChI is InChI=1S/C20H32N2O/c1-4-19(14-17-9-6-5-7-10-17)22(3)20(23)13-16(2)18-11-8-12-21-15-18/h5-7,9-10,16,18-19,21H,4,8,11-15H2,1-3H3. The Bertz CT molecular complexity index is 468. The maximum absolute atomic E-state index is 12.7. The number of hydrogen-bond donors (Lipinski definition) is 1. The summed E-state index contributed by atoms with van der Waals surface area (Å²) in [5.74, 6) is 1.41. The second-order valence-corrected chi connectivity index (χ2v) is 7.04. The Kier molecular flexibility index (Phi) is 7.10. The highest BCUT2D eigenvalue weighted by atomic mass is 16.2. The van der Waals surface area contributed by atoms with E-state index in [1.54, 1.807) is 0 Å². The molecule has 1 aromatic rings. The van der Waals surface area contributed by atoms with Crippen LogP contribution in [0, 0.1) is 11.8 Å². The van der Waals surface area contributed by atoms with Gasteiger partial charge in [0.25, 0.3) is 0 Å². The number of amides is 1. The zero-order valence-corrected chi connectivity index (χ0v) is 14.9. The van der Waals surface area contributed by atoms with Gasteiger partial charge in [-0.1, -0.05) is 44.2 Å². The van der Waals surface area contributed by atoms with E-state index in [0.717, 1.165) is 25.9 Å². The minimum atomic E-state index is 0.293. The third-order valence-electron chi connectivity index (χ3n) is 5.36. The molecule has 1 aliphatic heterocycles. The summed E-state index contributed by atoms with van der Waals surface area (Å²) in [7, 11) is 1.98. The van der Waals surface area contributed by atoms with Crippen molar-refractivity contribution in [3.8, 4) is 0 Å². The number of rotatable bonds is 7. The third kappa shape index (κ3) is 5.35. The van der Waals surface area contributed by atoms with Gasteiger partial charge in [0.2, 0.25) is 5.91 Å². The number of piperidine rings is 1. The van der Waals surface area contributed by atoms with E-state index in [0.29, 0.717) is 30.2 Å². The molecule has 1 N–H and O–H groups in total. The highest BCUT2D eigenvalue weighted by molar-refractivity contribution is 5.76. The largest absolute Gasteiger partial charge is 0.342 e. The van der Waals surface area contributed by atoms with Crippen LogP contribution >= 0.6 is 0 Å². The lowest BCUT2D eigenvalue weighted by molar-refractivity contribution is -0.133. The van der Waals surface area contributed by atoms with Crippen LogP contribution in [0.15, 0.2) is 30.3 Å². The van der Waals surface area contributed by atoms with Gasteiger partial charge >= 0.3 is 0 Å². The average molecular weight is 316 g/mol. The van der Waals surface area contributed by atoms with Crippen LogP contribution in [0.4, 0.5) is 0 Å². The molecular weight excluding hydrogens is 284 g/mol. The molecule has 0 aromatic heterocycles. The van der Waals surface area contributed by atoms with Crippen LogP contribution in [-0.2, 0) is 11.2 Å². The van der Waals surface area contributed by atoms with Gasteiger partial charge in [-0.05, 0) is 56.2 Å². The number of carbonyl (C=O) groups is 1. The van der Waals surface area contributed by atoms with E-state index < -0.39 is 0 Å². The summed E-state index contributed by atoms with van der Waals surface area (Å²) in [5, 5.41) is 3.46. The Hall–Kier alpha value is -1.35. The first-order chi connectivity index (χ1) is 11.1. The smallest absolute Gasteiger partial charge is 0.222 e. The average Bonchev–Trinajstić information content (AvgIpc) is 2.60. The molecule has 0 radical (unpaired) electrons. The van der Waals surface area contributed by atoms with Crippen molar-refractivity contribution in [2.24, 2.45) is 11.8 Å². The van der Waals surface area contributed by atoms with Crippen molar-refractivity contribution in [1.29, 1.82) is 0 Å². The molecule has 3 nitrogen and oxygen atoms in total. The number of carbonyl (C=O) groups excluding carboxylic acids is 1. The molecule has 1 aliphatic rings. The number of likely N-dealkylation sites (N-methyl/N-ethyl adjacent to an activating group) is 1. The van der Waals surface area contributed by atoms with Gasteiger partial charge in [-0.15, -0.1) is 0 Å². The first-order valence-electron chi connectivity index (χ1n) is 9.12. The van der Waals surface area contributed by atoms with Crippen molar-refractivity contribution in [3.05, 3.63) is 35.9 Å². The van der Waals surface area contributed by atoms with Crippen molar-refractivity contribution in [1.82, 2.24) is 10.2 Å². The Balaban J connectivity index is 1.88. The normalized spacial score (nSPS) is 20.7. The molecule has 1 saturated heterocycles. The molecule has 0 bridgehead atoms. The van der Waals surface area contributed by atoms with Crippen LogP contribution in [0.25, 0.3) is 0 Å². The van der Waals surface area contributed by atoms with Crippen molar-refractivity contribution < 1.29 is 4.79 Å². The van der Waals surface area contributed by atoms with Gasteiger partial charge in [-0.2, -0.15) is 0 Å². The van der Waals surface area contributed by atoms with Crippen LogP contribution in [0.3, 0.4) is 0 Å². The Labute approximate surface area is 141 Å². The van der Waals surface area contributed by atoms with Gasteiger partial charge in [0, 0.05) is 19.5 Å². The lowest BCUT2D eigenvalue weighted by Gasteiger charge is -2.32. The van der Waals surface area contributed by atoms with Crippen molar-refractivity contribution in [2.45, 2.75) is 52.0 Å². The molecule has 0 aliphatic carbocycles. The number of hydrogen-bond acceptors (Lipinski definition) is 2. The van der Waals surface area contributed by atoms with Crippen LogP contribution < -0.4 is 5.32 Å². The molecule has 3 unspecified atom stereocenters. The van der Waals surface area contributed by atoms with E-state index in [2.05, 4.69) is 43.4 Å². The highest BCUT2D eigenvalue weighted by Crippen LogP contribution is 2.24. The summed E-state index contributed by atoms with van der Waals surface area (Å²) in [5.41, 5.74) is 1.31. The van der Waals surface area contributed by atoms with Crippen LogP contribution in [0.5, 0.6) is 0 Å². The number of nitrogens with one attached hydrogen (secondary N) is 1. The van der Waals surface area contributed by atoms with Crippen molar-refractivity contribution in [2.75, 3.05) is 20.1 Å². The Morgan fingerprint density at radius 1 is 1.35 bits per heavy atom. The zero-order valence-electron chi connectivity index (χ0n) is 14.9. The molecule has 1 heterocycles. The fourth-order valence-corrected chi connectivity index (χ4v) is 3.60. The van der Waals surface area contributed by atoms with E-state index in [1.165, 1.54) is 18.4 Å². The molecule has 1 aromatic carbocycles. The summed E-state index contributed by atoms with van der Waals surface area (Å²) in [6, 6.07) is 10.8. The van der Waals surface area contributed by atoms with Gasteiger partial charge in [-0.25, -0.2) is 0 Å². The first kappa shape index (κ1) is 18.0. The molecule has 128 valence electrons. The second kappa shape index (κ2) is 9.07. The maximum Gasteiger partial charge on any atom is 0.222 e. The molecule has 1 amide bonds. The molecule has 3 heteroatoms. The van der Waals surface area contributed by atoms with E-state index in [1.807, 2.05) is 18.0 Å². The lowest BCUT2D eigenvalue weighted by Crippen LogP contribution is -2.40. The minimum Gasteiger partial charge on any atom is -0.342 e. The summed E-state index contributed by atoms with van der Waals surface area (Å²) in [6.45, 7) is 6.61.